The van der Waals surface area contributed by atoms with E-state index in [9.17, 15) is 9.00 Å². The number of anilines is 1. The first-order valence-electron chi connectivity index (χ1n) is 9.26. The van der Waals surface area contributed by atoms with E-state index in [4.69, 9.17) is 11.0 Å². The predicted molar refractivity (Wildman–Crippen MR) is 110 cm³/mol. The second-order valence-corrected chi connectivity index (χ2v) is 8.75. The summed E-state index contributed by atoms with van der Waals surface area (Å²) < 4.78 is 14.3. The maximum absolute atomic E-state index is 12.8. The fraction of sp³-hybridized carbons (Fsp3) is 0.300. The van der Waals surface area contributed by atoms with E-state index in [0.29, 0.717) is 11.3 Å². The normalized spacial score (nSPS) is 23.1. The SMILES string of the molecule is CN1C(N)=NC2c3cc(NC(=O)c4ccc(C#N)cn4)ccc3CCCC2S1=O. The number of pyridine rings is 1. The van der Waals surface area contributed by atoms with Crippen molar-refractivity contribution >= 4 is 28.5 Å². The number of aliphatic imine (C=N–C) groups is 1. The Balaban J connectivity index is 1.64. The summed E-state index contributed by atoms with van der Waals surface area (Å²) in [5.74, 6) is -0.108. The van der Waals surface area contributed by atoms with Crippen LogP contribution in [0.2, 0.25) is 0 Å². The number of rotatable bonds is 2. The van der Waals surface area contributed by atoms with E-state index in [1.807, 2.05) is 24.3 Å². The average molecular weight is 408 g/mol. The van der Waals surface area contributed by atoms with Crippen LogP contribution in [-0.4, -0.2) is 37.7 Å². The fourth-order valence-electron chi connectivity index (χ4n) is 3.70. The van der Waals surface area contributed by atoms with E-state index in [1.54, 1.807) is 13.1 Å². The molecule has 1 aromatic heterocycles. The minimum atomic E-state index is -1.25. The molecule has 4 rings (SSSR count). The van der Waals surface area contributed by atoms with Crippen LogP contribution in [0.1, 0.15) is 46.1 Å². The number of hydrogen-bond acceptors (Lipinski definition) is 6. The summed E-state index contributed by atoms with van der Waals surface area (Å²) in [5, 5.41) is 11.6. The molecule has 0 bridgehead atoms. The Labute approximate surface area is 171 Å². The molecule has 2 aromatic rings. The molecule has 2 heterocycles. The third-order valence-corrected chi connectivity index (χ3v) is 7.00. The molecule has 8 nitrogen and oxygen atoms in total. The molecular formula is C20H20N6O2S. The smallest absolute Gasteiger partial charge is 0.274 e. The molecular weight excluding hydrogens is 388 g/mol. The lowest BCUT2D eigenvalue weighted by Crippen LogP contribution is -2.46. The average Bonchev–Trinajstić information content (AvgIpc) is 2.91. The van der Waals surface area contributed by atoms with Gasteiger partial charge in [0.1, 0.15) is 22.7 Å². The van der Waals surface area contributed by atoms with Crippen LogP contribution >= 0.6 is 0 Å². The number of nitrogens with two attached hydrogens (primary N) is 1. The molecule has 0 saturated heterocycles. The molecule has 0 fully saturated rings. The number of carbonyl (C=O) groups excluding carboxylic acids is 1. The largest absolute Gasteiger partial charge is 0.369 e. The Hall–Kier alpha value is -3.25. The Kier molecular flexibility index (Phi) is 5.03. The minimum Gasteiger partial charge on any atom is -0.369 e. The molecule has 2 aliphatic rings. The number of guanidine groups is 1. The van der Waals surface area contributed by atoms with Gasteiger partial charge in [0.05, 0.1) is 16.9 Å². The number of hydrogen-bond donors (Lipinski definition) is 2. The van der Waals surface area contributed by atoms with Crippen LogP contribution in [0.25, 0.3) is 0 Å². The number of nitrogens with zero attached hydrogens (tertiary/aromatic N) is 4. The number of amides is 1. The van der Waals surface area contributed by atoms with Gasteiger partial charge < -0.3 is 11.1 Å². The number of nitrogens with one attached hydrogen (secondary N) is 1. The first-order chi connectivity index (χ1) is 14.0. The van der Waals surface area contributed by atoms with Crippen LogP contribution in [0.5, 0.6) is 0 Å². The van der Waals surface area contributed by atoms with Gasteiger partial charge in [0.25, 0.3) is 5.91 Å². The molecule has 1 amide bonds. The summed E-state index contributed by atoms with van der Waals surface area (Å²) in [7, 11) is 0.446. The van der Waals surface area contributed by atoms with E-state index in [2.05, 4.69) is 15.3 Å². The third kappa shape index (κ3) is 3.59. The maximum Gasteiger partial charge on any atom is 0.274 e. The van der Waals surface area contributed by atoms with Crippen molar-refractivity contribution in [1.29, 1.82) is 5.26 Å². The van der Waals surface area contributed by atoms with Gasteiger partial charge in [-0.25, -0.2) is 14.2 Å². The lowest BCUT2D eigenvalue weighted by atomic mass is 9.98. The molecule has 29 heavy (non-hydrogen) atoms. The number of fused-ring (bicyclic) bond motifs is 3. The van der Waals surface area contributed by atoms with E-state index >= 15 is 0 Å². The lowest BCUT2D eigenvalue weighted by molar-refractivity contribution is 0.102. The molecule has 3 unspecified atom stereocenters. The summed E-state index contributed by atoms with van der Waals surface area (Å²) >= 11 is 0. The Morgan fingerprint density at radius 1 is 1.38 bits per heavy atom. The molecule has 148 valence electrons. The highest BCUT2D eigenvalue weighted by molar-refractivity contribution is 7.84. The number of carbonyl (C=O) groups is 1. The summed E-state index contributed by atoms with van der Waals surface area (Å²) in [4.78, 5) is 21.1. The van der Waals surface area contributed by atoms with Gasteiger partial charge >= 0.3 is 0 Å². The number of aryl methyl sites for hydroxylation is 1. The van der Waals surface area contributed by atoms with E-state index in [1.165, 1.54) is 16.6 Å². The van der Waals surface area contributed by atoms with Gasteiger partial charge in [-0.05, 0) is 54.7 Å². The van der Waals surface area contributed by atoms with E-state index < -0.39 is 11.0 Å². The molecule has 1 aromatic carbocycles. The molecule has 1 aliphatic heterocycles. The molecule has 3 atom stereocenters. The van der Waals surface area contributed by atoms with Gasteiger partial charge in [0.15, 0.2) is 0 Å². The zero-order chi connectivity index (χ0) is 20.5. The van der Waals surface area contributed by atoms with Crippen molar-refractivity contribution in [3.63, 3.8) is 0 Å². The van der Waals surface area contributed by atoms with Gasteiger partial charge in [-0.3, -0.25) is 9.10 Å². The van der Waals surface area contributed by atoms with Crippen molar-refractivity contribution in [1.82, 2.24) is 9.29 Å². The van der Waals surface area contributed by atoms with Crippen LogP contribution in [0, 0.1) is 11.3 Å². The molecule has 9 heteroatoms. The lowest BCUT2D eigenvalue weighted by Gasteiger charge is -2.33. The van der Waals surface area contributed by atoms with E-state index in [-0.39, 0.29) is 28.9 Å². The van der Waals surface area contributed by atoms with Gasteiger partial charge in [-0.1, -0.05) is 6.07 Å². The first-order valence-corrected chi connectivity index (χ1v) is 10.4. The fourth-order valence-corrected chi connectivity index (χ4v) is 5.13. The highest BCUT2D eigenvalue weighted by Gasteiger charge is 2.38. The van der Waals surface area contributed by atoms with Crippen LogP contribution in [0.4, 0.5) is 5.69 Å². The van der Waals surface area contributed by atoms with Crippen molar-refractivity contribution in [2.45, 2.75) is 30.6 Å². The van der Waals surface area contributed by atoms with Gasteiger partial charge in [-0.2, -0.15) is 5.26 Å². The first kappa shape index (κ1) is 19.1. The minimum absolute atomic E-state index is 0.139. The predicted octanol–water partition coefficient (Wildman–Crippen LogP) is 1.88. The second-order valence-electron chi connectivity index (χ2n) is 7.05. The third-order valence-electron chi connectivity index (χ3n) is 5.26. The van der Waals surface area contributed by atoms with Crippen molar-refractivity contribution in [2.75, 3.05) is 12.4 Å². The monoisotopic (exact) mass is 408 g/mol. The van der Waals surface area contributed by atoms with Gasteiger partial charge in [0, 0.05) is 18.9 Å². The standard InChI is InChI=1S/C20H20N6O2S/c1-26-20(22)25-18-15-9-14(7-6-13(15)3-2-4-17(18)29(26)28)24-19(27)16-8-5-12(10-21)11-23-16/h5-9,11,17-18H,2-4H2,1H3,(H2,22,25)(H,24,27). The Morgan fingerprint density at radius 2 is 2.21 bits per heavy atom. The Bertz CT molecular complexity index is 1060. The molecule has 1 aliphatic carbocycles. The zero-order valence-corrected chi connectivity index (χ0v) is 16.6. The maximum atomic E-state index is 12.8. The molecule has 3 N–H and O–H groups in total. The van der Waals surface area contributed by atoms with E-state index in [0.717, 1.165) is 30.4 Å². The van der Waals surface area contributed by atoms with Crippen LogP contribution in [-0.2, 0) is 17.4 Å². The topological polar surface area (TPSA) is 124 Å². The van der Waals surface area contributed by atoms with Crippen LogP contribution in [0.15, 0.2) is 41.5 Å². The summed E-state index contributed by atoms with van der Waals surface area (Å²) in [5.41, 5.74) is 9.28. The summed E-state index contributed by atoms with van der Waals surface area (Å²) in [6.07, 6.45) is 3.94. The molecule has 0 saturated carbocycles. The number of benzene rings is 1. The molecule has 0 spiro atoms. The van der Waals surface area contributed by atoms with Gasteiger partial charge in [0.2, 0.25) is 5.96 Å². The summed E-state index contributed by atoms with van der Waals surface area (Å²) in [6, 6.07) is 10.5. The van der Waals surface area contributed by atoms with Crippen molar-refractivity contribution in [2.24, 2.45) is 10.7 Å². The highest BCUT2D eigenvalue weighted by atomic mass is 32.2. The van der Waals surface area contributed by atoms with Gasteiger partial charge in [-0.15, -0.1) is 0 Å². The zero-order valence-electron chi connectivity index (χ0n) is 15.8. The summed E-state index contributed by atoms with van der Waals surface area (Å²) in [6.45, 7) is 0. The number of aromatic nitrogens is 1. The second kappa shape index (κ2) is 7.64. The van der Waals surface area contributed by atoms with Crippen LogP contribution < -0.4 is 11.1 Å². The number of nitriles is 1. The van der Waals surface area contributed by atoms with Crippen molar-refractivity contribution < 1.29 is 9.00 Å². The van der Waals surface area contributed by atoms with Crippen LogP contribution in [0.3, 0.4) is 0 Å². The quantitative estimate of drug-likeness (QED) is 0.785. The highest BCUT2D eigenvalue weighted by Crippen LogP contribution is 2.38. The Morgan fingerprint density at radius 3 is 2.93 bits per heavy atom. The molecule has 0 radical (unpaired) electrons. The van der Waals surface area contributed by atoms with Crippen molar-refractivity contribution in [3.8, 4) is 6.07 Å². The van der Waals surface area contributed by atoms with Crippen molar-refractivity contribution in [3.05, 3.63) is 58.9 Å².